The summed E-state index contributed by atoms with van der Waals surface area (Å²) in [5.41, 5.74) is 0.825. The van der Waals surface area contributed by atoms with Gasteiger partial charge < -0.3 is 13.9 Å². The van der Waals surface area contributed by atoms with Gasteiger partial charge in [0.2, 0.25) is 5.13 Å². The van der Waals surface area contributed by atoms with E-state index in [2.05, 4.69) is 15.5 Å². The molecule has 1 N–H and O–H groups in total. The summed E-state index contributed by atoms with van der Waals surface area (Å²) < 4.78 is 16.0. The van der Waals surface area contributed by atoms with Gasteiger partial charge in [0.15, 0.2) is 5.76 Å². The Morgan fingerprint density at radius 1 is 1.24 bits per heavy atom. The highest BCUT2D eigenvalue weighted by Crippen LogP contribution is 2.27. The normalized spacial score (nSPS) is 12.0. The van der Waals surface area contributed by atoms with Crippen LogP contribution in [0.15, 0.2) is 40.8 Å². The van der Waals surface area contributed by atoms with Crippen LogP contribution in [0.2, 0.25) is 0 Å². The molecular weight excluding hydrogens is 342 g/mol. The number of anilines is 1. The Morgan fingerprint density at radius 3 is 2.84 bits per heavy atom. The van der Waals surface area contributed by atoms with Crippen LogP contribution >= 0.6 is 11.3 Å². The molecule has 2 aromatic heterocycles. The van der Waals surface area contributed by atoms with Crippen molar-refractivity contribution in [1.29, 1.82) is 0 Å². The fourth-order valence-corrected chi connectivity index (χ4v) is 2.87. The van der Waals surface area contributed by atoms with Crippen LogP contribution in [0.25, 0.3) is 11.3 Å². The molecule has 0 bridgehead atoms. The average molecular weight is 359 g/mol. The third-order valence-corrected chi connectivity index (χ3v) is 4.55. The first kappa shape index (κ1) is 17.1. The smallest absolute Gasteiger partial charge is 0.293 e. The maximum absolute atomic E-state index is 12.3. The number of furan rings is 1. The SMILES string of the molecule is COc1cccc(-c2ccc(C(=O)Nc3nnc(C(C)OC)s3)o2)c1. The monoisotopic (exact) mass is 359 g/mol. The number of hydrogen-bond donors (Lipinski definition) is 1. The quantitative estimate of drug-likeness (QED) is 0.721. The molecule has 1 aromatic carbocycles. The first-order chi connectivity index (χ1) is 12.1. The van der Waals surface area contributed by atoms with E-state index in [4.69, 9.17) is 13.9 Å². The number of hydrogen-bond acceptors (Lipinski definition) is 7. The molecule has 130 valence electrons. The molecule has 7 nitrogen and oxygen atoms in total. The van der Waals surface area contributed by atoms with Crippen LogP contribution in [-0.2, 0) is 4.74 Å². The number of methoxy groups -OCH3 is 2. The van der Waals surface area contributed by atoms with Crippen LogP contribution in [0.3, 0.4) is 0 Å². The van der Waals surface area contributed by atoms with Crippen molar-refractivity contribution in [3.05, 3.63) is 47.2 Å². The fourth-order valence-electron chi connectivity index (χ4n) is 2.10. The van der Waals surface area contributed by atoms with Crippen molar-refractivity contribution in [2.75, 3.05) is 19.5 Å². The van der Waals surface area contributed by atoms with Gasteiger partial charge in [-0.05, 0) is 31.2 Å². The molecule has 0 saturated heterocycles. The van der Waals surface area contributed by atoms with Gasteiger partial charge in [0.25, 0.3) is 5.91 Å². The molecule has 1 unspecified atom stereocenters. The Morgan fingerprint density at radius 2 is 2.08 bits per heavy atom. The molecule has 0 radical (unpaired) electrons. The summed E-state index contributed by atoms with van der Waals surface area (Å²) >= 11 is 1.26. The van der Waals surface area contributed by atoms with Crippen LogP contribution in [0.5, 0.6) is 5.75 Å². The van der Waals surface area contributed by atoms with E-state index in [0.717, 1.165) is 5.56 Å². The summed E-state index contributed by atoms with van der Waals surface area (Å²) in [5, 5.41) is 11.7. The summed E-state index contributed by atoms with van der Waals surface area (Å²) in [7, 11) is 3.19. The van der Waals surface area contributed by atoms with Crippen LogP contribution < -0.4 is 10.1 Å². The summed E-state index contributed by atoms with van der Waals surface area (Å²) in [6, 6.07) is 10.8. The predicted molar refractivity (Wildman–Crippen MR) is 94.0 cm³/mol. The van der Waals surface area contributed by atoms with Gasteiger partial charge in [-0.15, -0.1) is 10.2 Å². The highest BCUT2D eigenvalue weighted by Gasteiger charge is 2.16. The van der Waals surface area contributed by atoms with Crippen molar-refractivity contribution in [3.63, 3.8) is 0 Å². The summed E-state index contributed by atoms with van der Waals surface area (Å²) in [5.74, 6) is 1.10. The van der Waals surface area contributed by atoms with E-state index in [9.17, 15) is 4.79 Å². The first-order valence-corrected chi connectivity index (χ1v) is 8.34. The Hall–Kier alpha value is -2.71. The van der Waals surface area contributed by atoms with Crippen molar-refractivity contribution < 1.29 is 18.7 Å². The predicted octanol–water partition coefficient (Wildman–Crippen LogP) is 3.77. The van der Waals surface area contributed by atoms with E-state index in [1.165, 1.54) is 11.3 Å². The molecule has 0 fully saturated rings. The molecular formula is C17H17N3O4S. The van der Waals surface area contributed by atoms with Crippen molar-refractivity contribution >= 4 is 22.4 Å². The highest BCUT2D eigenvalue weighted by molar-refractivity contribution is 7.15. The summed E-state index contributed by atoms with van der Waals surface area (Å²) in [6.45, 7) is 1.86. The second-order valence-corrected chi connectivity index (χ2v) is 6.18. The zero-order chi connectivity index (χ0) is 17.8. The molecule has 3 rings (SSSR count). The van der Waals surface area contributed by atoms with E-state index in [0.29, 0.717) is 21.6 Å². The molecule has 0 spiro atoms. The van der Waals surface area contributed by atoms with Crippen LogP contribution in [0, 0.1) is 0 Å². The molecule has 3 aromatic rings. The van der Waals surface area contributed by atoms with Gasteiger partial charge in [-0.2, -0.15) is 0 Å². The fraction of sp³-hybridized carbons (Fsp3) is 0.235. The molecule has 0 aliphatic carbocycles. The molecule has 0 aliphatic rings. The maximum atomic E-state index is 12.3. The number of ether oxygens (including phenoxy) is 2. The molecule has 25 heavy (non-hydrogen) atoms. The van der Waals surface area contributed by atoms with Crippen LogP contribution in [0.1, 0.15) is 28.6 Å². The van der Waals surface area contributed by atoms with Gasteiger partial charge in [-0.25, -0.2) is 0 Å². The van der Waals surface area contributed by atoms with Gasteiger partial charge in [0.05, 0.1) is 7.11 Å². The lowest BCUT2D eigenvalue weighted by atomic mass is 10.2. The van der Waals surface area contributed by atoms with Crippen molar-refractivity contribution in [2.24, 2.45) is 0 Å². The van der Waals surface area contributed by atoms with E-state index in [1.807, 2.05) is 31.2 Å². The zero-order valence-electron chi connectivity index (χ0n) is 14.0. The van der Waals surface area contributed by atoms with Crippen molar-refractivity contribution in [2.45, 2.75) is 13.0 Å². The summed E-state index contributed by atoms with van der Waals surface area (Å²) in [4.78, 5) is 12.3. The minimum absolute atomic E-state index is 0.175. The van der Waals surface area contributed by atoms with Gasteiger partial charge in [-0.1, -0.05) is 23.5 Å². The molecule has 8 heteroatoms. The minimum atomic E-state index is -0.387. The van der Waals surface area contributed by atoms with Gasteiger partial charge in [0.1, 0.15) is 22.6 Å². The second kappa shape index (κ2) is 7.45. The Bertz CT molecular complexity index is 874. The lowest BCUT2D eigenvalue weighted by Crippen LogP contribution is -2.10. The number of benzene rings is 1. The summed E-state index contributed by atoms with van der Waals surface area (Å²) in [6.07, 6.45) is -0.175. The van der Waals surface area contributed by atoms with E-state index < -0.39 is 0 Å². The second-order valence-electron chi connectivity index (χ2n) is 5.17. The molecule has 2 heterocycles. The van der Waals surface area contributed by atoms with E-state index >= 15 is 0 Å². The number of nitrogens with one attached hydrogen (secondary N) is 1. The van der Waals surface area contributed by atoms with E-state index in [1.54, 1.807) is 26.4 Å². The lowest BCUT2D eigenvalue weighted by Gasteiger charge is -2.02. The Balaban J connectivity index is 1.73. The number of rotatable bonds is 6. The number of nitrogens with zero attached hydrogens (tertiary/aromatic N) is 2. The number of carbonyl (C=O) groups is 1. The maximum Gasteiger partial charge on any atom is 0.293 e. The average Bonchev–Trinajstić information content (AvgIpc) is 3.30. The van der Waals surface area contributed by atoms with E-state index in [-0.39, 0.29) is 17.8 Å². The van der Waals surface area contributed by atoms with Gasteiger partial charge in [-0.3, -0.25) is 10.1 Å². The van der Waals surface area contributed by atoms with Crippen LogP contribution in [0.4, 0.5) is 5.13 Å². The van der Waals surface area contributed by atoms with Gasteiger partial charge >= 0.3 is 0 Å². The zero-order valence-corrected chi connectivity index (χ0v) is 14.8. The number of aromatic nitrogens is 2. The lowest BCUT2D eigenvalue weighted by molar-refractivity contribution is 0.0997. The third-order valence-electron chi connectivity index (χ3n) is 3.55. The number of carbonyl (C=O) groups excluding carboxylic acids is 1. The third kappa shape index (κ3) is 3.86. The first-order valence-electron chi connectivity index (χ1n) is 7.52. The topological polar surface area (TPSA) is 86.5 Å². The highest BCUT2D eigenvalue weighted by atomic mass is 32.1. The molecule has 1 amide bonds. The number of amides is 1. The standard InChI is InChI=1S/C17H17N3O4S/c1-10(22-2)16-19-20-17(25-16)18-15(21)14-8-7-13(24-14)11-5-4-6-12(9-11)23-3/h4-10H,1-3H3,(H,18,20,21). The van der Waals surface area contributed by atoms with Crippen molar-refractivity contribution in [1.82, 2.24) is 10.2 Å². The largest absolute Gasteiger partial charge is 0.497 e. The Labute approximate surface area is 148 Å². The molecule has 0 saturated carbocycles. The van der Waals surface area contributed by atoms with Crippen molar-refractivity contribution in [3.8, 4) is 17.1 Å². The minimum Gasteiger partial charge on any atom is -0.497 e. The Kier molecular flexibility index (Phi) is 5.11. The van der Waals surface area contributed by atoms with Gasteiger partial charge in [0, 0.05) is 12.7 Å². The molecule has 1 atom stereocenters. The van der Waals surface area contributed by atoms with Crippen LogP contribution in [-0.4, -0.2) is 30.3 Å². The molecule has 0 aliphatic heterocycles.